The molecule has 1 aliphatic heterocycles. The van der Waals surface area contributed by atoms with Gasteiger partial charge in [-0.05, 0) is 38.1 Å². The van der Waals surface area contributed by atoms with Crippen molar-refractivity contribution < 1.29 is 9.13 Å². The third-order valence-corrected chi connectivity index (χ3v) is 5.38. The van der Waals surface area contributed by atoms with Crippen molar-refractivity contribution >= 4 is 11.5 Å². The standard InChI is InChI=1S/C22H24FN5O/c1-15-16(2)25-21(17-6-8-24-9-7-17)26-22(15)28-12-10-27(11-13-28)18-4-5-20(29-3)19(23)14-18/h4-9,14H,10-13H2,1-3H3. The summed E-state index contributed by atoms with van der Waals surface area (Å²) in [5, 5.41) is 0. The highest BCUT2D eigenvalue weighted by molar-refractivity contribution is 5.60. The highest BCUT2D eigenvalue weighted by atomic mass is 19.1. The maximum absolute atomic E-state index is 14.1. The first-order chi connectivity index (χ1) is 14.1. The molecule has 0 bridgehead atoms. The number of methoxy groups -OCH3 is 1. The molecule has 7 heteroatoms. The quantitative estimate of drug-likeness (QED) is 0.675. The van der Waals surface area contributed by atoms with Gasteiger partial charge in [0.2, 0.25) is 0 Å². The van der Waals surface area contributed by atoms with E-state index in [1.807, 2.05) is 25.1 Å². The molecule has 3 heterocycles. The van der Waals surface area contributed by atoms with E-state index in [4.69, 9.17) is 9.72 Å². The SMILES string of the molecule is COc1ccc(N2CCN(c3nc(-c4ccncc4)nc(C)c3C)CC2)cc1F. The molecule has 1 aliphatic rings. The van der Waals surface area contributed by atoms with E-state index in [2.05, 4.69) is 26.7 Å². The molecule has 0 N–H and O–H groups in total. The van der Waals surface area contributed by atoms with Gasteiger partial charge in [0.05, 0.1) is 7.11 Å². The number of benzene rings is 1. The Morgan fingerprint density at radius 1 is 0.931 bits per heavy atom. The summed E-state index contributed by atoms with van der Waals surface area (Å²) in [5.74, 6) is 1.61. The van der Waals surface area contributed by atoms with Crippen LogP contribution in [-0.2, 0) is 0 Å². The first-order valence-electron chi connectivity index (χ1n) is 9.66. The molecule has 0 unspecified atom stereocenters. The molecule has 0 radical (unpaired) electrons. The minimum atomic E-state index is -0.336. The second kappa shape index (κ2) is 8.03. The summed E-state index contributed by atoms with van der Waals surface area (Å²) in [5.41, 5.74) is 3.89. The van der Waals surface area contributed by atoms with Crippen LogP contribution < -0.4 is 14.5 Å². The molecule has 0 spiro atoms. The van der Waals surface area contributed by atoms with Crippen molar-refractivity contribution in [3.63, 3.8) is 0 Å². The number of anilines is 2. The molecule has 3 aromatic rings. The summed E-state index contributed by atoms with van der Waals surface area (Å²) in [4.78, 5) is 18.1. The van der Waals surface area contributed by atoms with Crippen LogP contribution in [-0.4, -0.2) is 48.2 Å². The third-order valence-electron chi connectivity index (χ3n) is 5.38. The van der Waals surface area contributed by atoms with Gasteiger partial charge >= 0.3 is 0 Å². The zero-order valence-electron chi connectivity index (χ0n) is 16.9. The summed E-state index contributed by atoms with van der Waals surface area (Å²) >= 11 is 0. The van der Waals surface area contributed by atoms with E-state index in [-0.39, 0.29) is 11.6 Å². The molecule has 1 fully saturated rings. The monoisotopic (exact) mass is 393 g/mol. The number of ether oxygens (including phenoxy) is 1. The summed E-state index contributed by atoms with van der Waals surface area (Å²) in [6, 6.07) is 8.96. The lowest BCUT2D eigenvalue weighted by Gasteiger charge is -2.37. The fraction of sp³-hybridized carbons (Fsp3) is 0.318. The van der Waals surface area contributed by atoms with Crippen molar-refractivity contribution in [3.05, 3.63) is 59.8 Å². The molecule has 0 saturated carbocycles. The molecule has 1 saturated heterocycles. The zero-order chi connectivity index (χ0) is 20.4. The van der Waals surface area contributed by atoms with E-state index in [1.165, 1.54) is 13.2 Å². The van der Waals surface area contributed by atoms with E-state index in [0.29, 0.717) is 5.82 Å². The lowest BCUT2D eigenvalue weighted by Crippen LogP contribution is -2.47. The minimum absolute atomic E-state index is 0.267. The maximum Gasteiger partial charge on any atom is 0.167 e. The van der Waals surface area contributed by atoms with Crippen LogP contribution in [0.4, 0.5) is 15.9 Å². The third kappa shape index (κ3) is 3.85. The number of hydrogen-bond donors (Lipinski definition) is 0. The van der Waals surface area contributed by atoms with E-state index in [0.717, 1.165) is 54.5 Å². The predicted molar refractivity (Wildman–Crippen MR) is 112 cm³/mol. The number of pyridine rings is 1. The smallest absolute Gasteiger partial charge is 0.167 e. The van der Waals surface area contributed by atoms with Gasteiger partial charge in [-0.3, -0.25) is 4.98 Å². The fourth-order valence-electron chi connectivity index (χ4n) is 3.58. The van der Waals surface area contributed by atoms with Gasteiger partial charge in [0.1, 0.15) is 5.82 Å². The first-order valence-corrected chi connectivity index (χ1v) is 9.66. The molecular weight excluding hydrogens is 369 g/mol. The fourth-order valence-corrected chi connectivity index (χ4v) is 3.58. The summed E-state index contributed by atoms with van der Waals surface area (Å²) in [6.07, 6.45) is 3.50. The van der Waals surface area contributed by atoms with Crippen molar-refractivity contribution in [2.75, 3.05) is 43.1 Å². The van der Waals surface area contributed by atoms with Gasteiger partial charge in [-0.25, -0.2) is 14.4 Å². The van der Waals surface area contributed by atoms with E-state index in [1.54, 1.807) is 18.5 Å². The van der Waals surface area contributed by atoms with Gasteiger partial charge in [-0.15, -0.1) is 0 Å². The number of aromatic nitrogens is 3. The van der Waals surface area contributed by atoms with E-state index >= 15 is 0 Å². The Kier molecular flexibility index (Phi) is 5.29. The topological polar surface area (TPSA) is 54.4 Å². The van der Waals surface area contributed by atoms with Crippen molar-refractivity contribution in [1.29, 1.82) is 0 Å². The average molecular weight is 393 g/mol. The molecule has 29 heavy (non-hydrogen) atoms. The highest BCUT2D eigenvalue weighted by Gasteiger charge is 2.22. The second-order valence-electron chi connectivity index (χ2n) is 7.11. The van der Waals surface area contributed by atoms with Crippen LogP contribution in [0.25, 0.3) is 11.4 Å². The van der Waals surface area contributed by atoms with Crippen molar-refractivity contribution in [2.45, 2.75) is 13.8 Å². The Balaban J connectivity index is 1.54. The molecule has 150 valence electrons. The van der Waals surface area contributed by atoms with Crippen LogP contribution in [0.3, 0.4) is 0 Å². The normalized spacial score (nSPS) is 14.2. The number of hydrogen-bond acceptors (Lipinski definition) is 6. The number of rotatable bonds is 4. The first kappa shape index (κ1) is 19.1. The number of halogens is 1. The van der Waals surface area contributed by atoms with Crippen LogP contribution in [0.2, 0.25) is 0 Å². The van der Waals surface area contributed by atoms with Crippen LogP contribution in [0.15, 0.2) is 42.7 Å². The minimum Gasteiger partial charge on any atom is -0.494 e. The van der Waals surface area contributed by atoms with Gasteiger partial charge < -0.3 is 14.5 Å². The number of piperazine rings is 1. The van der Waals surface area contributed by atoms with E-state index in [9.17, 15) is 4.39 Å². The Labute approximate surface area is 170 Å². The summed E-state index contributed by atoms with van der Waals surface area (Å²) < 4.78 is 19.1. The van der Waals surface area contributed by atoms with Crippen LogP contribution in [0, 0.1) is 19.7 Å². The number of nitrogens with zero attached hydrogens (tertiary/aromatic N) is 5. The molecule has 0 atom stereocenters. The Morgan fingerprint density at radius 2 is 1.62 bits per heavy atom. The molecule has 4 rings (SSSR count). The zero-order valence-corrected chi connectivity index (χ0v) is 16.9. The predicted octanol–water partition coefficient (Wildman–Crippen LogP) is 3.63. The van der Waals surface area contributed by atoms with Crippen molar-refractivity contribution in [1.82, 2.24) is 15.0 Å². The van der Waals surface area contributed by atoms with Gasteiger partial charge in [0.25, 0.3) is 0 Å². The second-order valence-corrected chi connectivity index (χ2v) is 7.11. The highest BCUT2D eigenvalue weighted by Crippen LogP contribution is 2.28. The molecule has 1 aromatic carbocycles. The molecule has 0 amide bonds. The summed E-state index contributed by atoms with van der Waals surface area (Å²) in [7, 11) is 1.48. The van der Waals surface area contributed by atoms with Crippen LogP contribution in [0.5, 0.6) is 5.75 Å². The largest absolute Gasteiger partial charge is 0.494 e. The van der Waals surface area contributed by atoms with E-state index < -0.39 is 0 Å². The maximum atomic E-state index is 14.1. The van der Waals surface area contributed by atoms with Crippen LogP contribution in [0.1, 0.15) is 11.3 Å². The Morgan fingerprint density at radius 3 is 2.28 bits per heavy atom. The van der Waals surface area contributed by atoms with Gasteiger partial charge in [-0.2, -0.15) is 0 Å². The number of aryl methyl sites for hydroxylation is 1. The van der Waals surface area contributed by atoms with Gasteiger partial charge in [0.15, 0.2) is 17.4 Å². The molecule has 6 nitrogen and oxygen atoms in total. The Hall–Kier alpha value is -3.22. The lowest BCUT2D eigenvalue weighted by atomic mass is 10.1. The van der Waals surface area contributed by atoms with Gasteiger partial charge in [-0.1, -0.05) is 0 Å². The molecule has 0 aliphatic carbocycles. The molecule has 2 aromatic heterocycles. The average Bonchev–Trinajstić information content (AvgIpc) is 2.76. The van der Waals surface area contributed by atoms with Crippen molar-refractivity contribution in [2.24, 2.45) is 0 Å². The van der Waals surface area contributed by atoms with Gasteiger partial charge in [0, 0.05) is 67.1 Å². The van der Waals surface area contributed by atoms with Crippen LogP contribution >= 0.6 is 0 Å². The Bertz CT molecular complexity index is 1000. The molecular formula is C22H24FN5O. The lowest BCUT2D eigenvalue weighted by molar-refractivity contribution is 0.386. The van der Waals surface area contributed by atoms with Crippen molar-refractivity contribution in [3.8, 4) is 17.1 Å². The summed E-state index contributed by atoms with van der Waals surface area (Å²) in [6.45, 7) is 7.27.